The van der Waals surface area contributed by atoms with Crippen molar-refractivity contribution < 1.29 is 17.2 Å². The van der Waals surface area contributed by atoms with Crippen molar-refractivity contribution >= 4 is 31.6 Å². The number of nitrogens with two attached hydrogens (primary N) is 1. The first kappa shape index (κ1) is 15.0. The Labute approximate surface area is 124 Å². The molecule has 0 atom stereocenters. The molecular formula is C12H12BrFN2O3S. The minimum Gasteiger partial charge on any atom is -0.465 e. The molecule has 0 aliphatic carbocycles. The van der Waals surface area contributed by atoms with E-state index in [0.717, 1.165) is 6.07 Å². The molecule has 3 N–H and O–H groups in total. The Morgan fingerprint density at radius 3 is 2.70 bits per heavy atom. The van der Waals surface area contributed by atoms with E-state index in [0.29, 0.717) is 11.5 Å². The zero-order valence-electron chi connectivity index (χ0n) is 10.5. The van der Waals surface area contributed by atoms with Crippen molar-refractivity contribution in [2.24, 2.45) is 0 Å². The number of benzene rings is 1. The average Bonchev–Trinajstić information content (AvgIpc) is 2.77. The Kier molecular flexibility index (Phi) is 4.17. The molecule has 0 bridgehead atoms. The van der Waals surface area contributed by atoms with Crippen LogP contribution >= 0.6 is 15.9 Å². The average molecular weight is 363 g/mol. The Morgan fingerprint density at radius 1 is 1.40 bits per heavy atom. The van der Waals surface area contributed by atoms with E-state index in [1.807, 2.05) is 0 Å². The van der Waals surface area contributed by atoms with Crippen LogP contribution in [0.1, 0.15) is 11.5 Å². The molecule has 20 heavy (non-hydrogen) atoms. The third-order valence-corrected chi connectivity index (χ3v) is 4.52. The highest BCUT2D eigenvalue weighted by Gasteiger charge is 2.22. The molecule has 2 aromatic rings. The molecule has 0 aliphatic rings. The summed E-state index contributed by atoms with van der Waals surface area (Å²) in [5, 5.41) is 0. The van der Waals surface area contributed by atoms with Gasteiger partial charge < -0.3 is 10.2 Å². The second kappa shape index (κ2) is 5.55. The van der Waals surface area contributed by atoms with Crippen LogP contribution in [0.4, 0.5) is 10.1 Å². The van der Waals surface area contributed by atoms with Gasteiger partial charge in [0.1, 0.15) is 16.4 Å². The van der Waals surface area contributed by atoms with Crippen molar-refractivity contribution in [1.29, 1.82) is 0 Å². The van der Waals surface area contributed by atoms with Crippen LogP contribution in [0.5, 0.6) is 0 Å². The molecule has 0 saturated carbocycles. The van der Waals surface area contributed by atoms with Crippen molar-refractivity contribution in [1.82, 2.24) is 4.72 Å². The molecule has 0 saturated heterocycles. The maximum Gasteiger partial charge on any atom is 0.244 e. The Bertz CT molecular complexity index is 743. The van der Waals surface area contributed by atoms with Crippen LogP contribution in [0.15, 0.2) is 38.1 Å². The van der Waals surface area contributed by atoms with Gasteiger partial charge >= 0.3 is 0 Å². The van der Waals surface area contributed by atoms with Gasteiger partial charge in [0.05, 0.1) is 11.0 Å². The number of aryl methyl sites for hydroxylation is 1. The number of anilines is 1. The molecule has 2 rings (SSSR count). The summed E-state index contributed by atoms with van der Waals surface area (Å²) in [6.07, 6.45) is 0. The number of nitrogens with one attached hydrogen (secondary N) is 1. The molecular weight excluding hydrogens is 351 g/mol. The SMILES string of the molecule is Cc1ccc(CNS(=O)(=O)c2cc(N)cc(Br)c2F)o1. The molecule has 108 valence electrons. The van der Waals surface area contributed by atoms with Gasteiger partial charge in [-0.3, -0.25) is 0 Å². The molecule has 0 unspecified atom stereocenters. The Balaban J connectivity index is 2.27. The molecule has 8 heteroatoms. The summed E-state index contributed by atoms with van der Waals surface area (Å²) in [5.41, 5.74) is 5.67. The van der Waals surface area contributed by atoms with Crippen molar-refractivity contribution in [3.63, 3.8) is 0 Å². The minimum atomic E-state index is -4.02. The van der Waals surface area contributed by atoms with Crippen molar-refractivity contribution in [3.8, 4) is 0 Å². The van der Waals surface area contributed by atoms with Gasteiger partial charge in [-0.1, -0.05) is 0 Å². The fourth-order valence-electron chi connectivity index (χ4n) is 1.60. The highest BCUT2D eigenvalue weighted by atomic mass is 79.9. The predicted molar refractivity (Wildman–Crippen MR) is 76.0 cm³/mol. The van der Waals surface area contributed by atoms with Crippen LogP contribution in [0, 0.1) is 12.7 Å². The van der Waals surface area contributed by atoms with Crippen LogP contribution in [-0.4, -0.2) is 8.42 Å². The number of hydrogen-bond acceptors (Lipinski definition) is 4. The molecule has 0 spiro atoms. The summed E-state index contributed by atoms with van der Waals surface area (Å²) in [7, 11) is -4.02. The first-order chi connectivity index (χ1) is 9.29. The zero-order valence-corrected chi connectivity index (χ0v) is 12.9. The Morgan fingerprint density at radius 2 is 2.10 bits per heavy atom. The van der Waals surface area contributed by atoms with Gasteiger partial charge in [0.2, 0.25) is 10.0 Å². The summed E-state index contributed by atoms with van der Waals surface area (Å²) in [6.45, 7) is 1.68. The fourth-order valence-corrected chi connectivity index (χ4v) is 3.34. The standard InChI is InChI=1S/C12H12BrFN2O3S/c1-7-2-3-9(19-7)6-16-20(17,18)11-5-8(15)4-10(13)12(11)14/h2-5,16H,6,15H2,1H3. The lowest BCUT2D eigenvalue weighted by Gasteiger charge is -2.08. The summed E-state index contributed by atoms with van der Waals surface area (Å²) in [5.74, 6) is 0.217. The molecule has 0 radical (unpaired) electrons. The number of rotatable bonds is 4. The lowest BCUT2D eigenvalue weighted by Crippen LogP contribution is -2.24. The van der Waals surface area contributed by atoms with Crippen LogP contribution in [-0.2, 0) is 16.6 Å². The quantitative estimate of drug-likeness (QED) is 0.818. The summed E-state index contributed by atoms with van der Waals surface area (Å²) in [6, 6.07) is 5.71. The third kappa shape index (κ3) is 3.20. The van der Waals surface area contributed by atoms with E-state index in [9.17, 15) is 12.8 Å². The second-order valence-electron chi connectivity index (χ2n) is 4.15. The van der Waals surface area contributed by atoms with E-state index < -0.39 is 20.7 Å². The first-order valence-electron chi connectivity index (χ1n) is 5.59. The summed E-state index contributed by atoms with van der Waals surface area (Å²) < 4.78 is 45.5. The largest absolute Gasteiger partial charge is 0.465 e. The topological polar surface area (TPSA) is 85.3 Å². The van der Waals surface area contributed by atoms with Crippen molar-refractivity contribution in [2.75, 3.05) is 5.73 Å². The highest BCUT2D eigenvalue weighted by molar-refractivity contribution is 9.10. The van der Waals surface area contributed by atoms with Gasteiger partial charge in [-0.15, -0.1) is 0 Å². The van der Waals surface area contributed by atoms with E-state index in [4.69, 9.17) is 10.2 Å². The molecule has 1 aromatic heterocycles. The predicted octanol–water partition coefficient (Wildman–Crippen LogP) is 2.55. The highest BCUT2D eigenvalue weighted by Crippen LogP contribution is 2.26. The molecule has 0 aliphatic heterocycles. The van der Waals surface area contributed by atoms with E-state index in [1.165, 1.54) is 6.07 Å². The van der Waals surface area contributed by atoms with E-state index >= 15 is 0 Å². The summed E-state index contributed by atoms with van der Waals surface area (Å²) >= 11 is 2.92. The molecule has 0 fully saturated rings. The maximum absolute atomic E-state index is 13.9. The van der Waals surface area contributed by atoms with E-state index in [2.05, 4.69) is 20.7 Å². The van der Waals surface area contributed by atoms with E-state index in [1.54, 1.807) is 19.1 Å². The lowest BCUT2D eigenvalue weighted by atomic mass is 10.3. The minimum absolute atomic E-state index is 0.00767. The van der Waals surface area contributed by atoms with Gasteiger partial charge in [-0.2, -0.15) is 0 Å². The number of halogens is 2. The number of sulfonamides is 1. The summed E-state index contributed by atoms with van der Waals surface area (Å²) in [4.78, 5) is -0.507. The normalized spacial score (nSPS) is 11.8. The van der Waals surface area contributed by atoms with Gasteiger partial charge in [-0.05, 0) is 47.1 Å². The van der Waals surface area contributed by atoms with Gasteiger partial charge in [-0.25, -0.2) is 17.5 Å². The first-order valence-corrected chi connectivity index (χ1v) is 7.87. The smallest absolute Gasteiger partial charge is 0.244 e. The maximum atomic E-state index is 13.9. The fraction of sp³-hybridized carbons (Fsp3) is 0.167. The molecule has 1 aromatic carbocycles. The Hall–Kier alpha value is -1.38. The molecule has 1 heterocycles. The molecule has 5 nitrogen and oxygen atoms in total. The number of furan rings is 1. The monoisotopic (exact) mass is 362 g/mol. The van der Waals surface area contributed by atoms with Crippen LogP contribution in [0.3, 0.4) is 0 Å². The number of hydrogen-bond donors (Lipinski definition) is 2. The third-order valence-electron chi connectivity index (χ3n) is 2.54. The van der Waals surface area contributed by atoms with Gasteiger partial charge in [0.15, 0.2) is 5.82 Å². The lowest BCUT2D eigenvalue weighted by molar-refractivity contribution is 0.474. The number of nitrogen functional groups attached to an aromatic ring is 1. The van der Waals surface area contributed by atoms with Gasteiger partial charge in [0, 0.05) is 5.69 Å². The van der Waals surface area contributed by atoms with Crippen LogP contribution < -0.4 is 10.5 Å². The zero-order chi connectivity index (χ0) is 14.9. The van der Waals surface area contributed by atoms with Crippen molar-refractivity contribution in [3.05, 3.63) is 46.1 Å². The second-order valence-corrected chi connectivity index (χ2v) is 6.74. The van der Waals surface area contributed by atoms with Gasteiger partial charge in [0.25, 0.3) is 0 Å². The van der Waals surface area contributed by atoms with E-state index in [-0.39, 0.29) is 16.7 Å². The molecule has 0 amide bonds. The van der Waals surface area contributed by atoms with Crippen LogP contribution in [0.2, 0.25) is 0 Å². The van der Waals surface area contributed by atoms with Crippen molar-refractivity contribution in [2.45, 2.75) is 18.4 Å². The van der Waals surface area contributed by atoms with Crippen LogP contribution in [0.25, 0.3) is 0 Å².